The molecule has 0 saturated heterocycles. The minimum atomic E-state index is -1.12. The highest BCUT2D eigenvalue weighted by molar-refractivity contribution is 5.79. The minimum Gasteiger partial charge on any atom is -0.466 e. The van der Waals surface area contributed by atoms with Crippen molar-refractivity contribution < 1.29 is 13.9 Å². The zero-order chi connectivity index (χ0) is 17.7. The molecule has 132 valence electrons. The normalized spacial score (nSPS) is 14.5. The summed E-state index contributed by atoms with van der Waals surface area (Å²) in [5.74, 6) is 3.71. The molecule has 6 heteroatoms. The molecule has 2 aromatic rings. The standard InChI is InChI=1S/C18H27N3O3/c1-6-19-17(20-10-15-9-13(3)23-14(15)4)21-11-18(5,22)16-8-7-12(2)24-16/h7-9,22H,6,10-11H2,1-5H3,(H2,19,20,21). The van der Waals surface area contributed by atoms with E-state index in [0.717, 1.165) is 29.4 Å². The first-order valence-corrected chi connectivity index (χ1v) is 8.19. The molecule has 0 aromatic carbocycles. The maximum atomic E-state index is 10.6. The Morgan fingerprint density at radius 3 is 2.46 bits per heavy atom. The van der Waals surface area contributed by atoms with E-state index in [-0.39, 0.29) is 6.54 Å². The van der Waals surface area contributed by atoms with Gasteiger partial charge in [-0.15, -0.1) is 0 Å². The quantitative estimate of drug-likeness (QED) is 0.559. The average Bonchev–Trinajstić information content (AvgIpc) is 3.08. The van der Waals surface area contributed by atoms with E-state index >= 15 is 0 Å². The fourth-order valence-corrected chi connectivity index (χ4v) is 2.41. The van der Waals surface area contributed by atoms with Crippen molar-refractivity contribution in [2.24, 2.45) is 4.99 Å². The van der Waals surface area contributed by atoms with Gasteiger partial charge in [0.15, 0.2) is 5.96 Å². The van der Waals surface area contributed by atoms with Crippen LogP contribution in [0.1, 0.15) is 42.5 Å². The van der Waals surface area contributed by atoms with Crippen molar-refractivity contribution in [1.82, 2.24) is 10.6 Å². The lowest BCUT2D eigenvalue weighted by Crippen LogP contribution is -2.44. The van der Waals surface area contributed by atoms with Crippen LogP contribution in [0.2, 0.25) is 0 Å². The van der Waals surface area contributed by atoms with Crippen LogP contribution in [0.4, 0.5) is 0 Å². The predicted molar refractivity (Wildman–Crippen MR) is 94.0 cm³/mol. The van der Waals surface area contributed by atoms with Gasteiger partial charge >= 0.3 is 0 Å². The van der Waals surface area contributed by atoms with Crippen molar-refractivity contribution in [2.75, 3.05) is 13.1 Å². The third kappa shape index (κ3) is 4.64. The topological polar surface area (TPSA) is 82.9 Å². The van der Waals surface area contributed by atoms with Crippen molar-refractivity contribution in [2.45, 2.75) is 46.8 Å². The molecule has 1 atom stereocenters. The Kier molecular flexibility index (Phi) is 5.72. The van der Waals surface area contributed by atoms with Crippen LogP contribution in [-0.4, -0.2) is 24.2 Å². The first kappa shape index (κ1) is 18.1. The van der Waals surface area contributed by atoms with Gasteiger partial charge < -0.3 is 24.6 Å². The van der Waals surface area contributed by atoms with E-state index in [1.807, 2.05) is 39.8 Å². The van der Waals surface area contributed by atoms with Gasteiger partial charge in [0.2, 0.25) is 0 Å². The molecule has 2 aromatic heterocycles. The number of furan rings is 2. The fourth-order valence-electron chi connectivity index (χ4n) is 2.41. The SMILES string of the molecule is CCNC(=NCc1cc(C)oc1C)NCC(C)(O)c1ccc(C)o1. The van der Waals surface area contributed by atoms with E-state index in [2.05, 4.69) is 15.6 Å². The van der Waals surface area contributed by atoms with Crippen LogP contribution in [0.3, 0.4) is 0 Å². The average molecular weight is 333 g/mol. The van der Waals surface area contributed by atoms with Gasteiger partial charge in [0.25, 0.3) is 0 Å². The summed E-state index contributed by atoms with van der Waals surface area (Å²) < 4.78 is 11.0. The van der Waals surface area contributed by atoms with Crippen molar-refractivity contribution in [3.63, 3.8) is 0 Å². The molecule has 0 fully saturated rings. The lowest BCUT2D eigenvalue weighted by Gasteiger charge is -2.22. The van der Waals surface area contributed by atoms with E-state index in [1.165, 1.54) is 0 Å². The number of aryl methyl sites for hydroxylation is 3. The molecule has 0 aliphatic carbocycles. The van der Waals surface area contributed by atoms with E-state index in [0.29, 0.717) is 18.3 Å². The van der Waals surface area contributed by atoms with Gasteiger partial charge in [0.05, 0.1) is 13.1 Å². The molecule has 1 unspecified atom stereocenters. The lowest BCUT2D eigenvalue weighted by atomic mass is 10.0. The van der Waals surface area contributed by atoms with Crippen LogP contribution >= 0.6 is 0 Å². The Hall–Kier alpha value is -2.21. The summed E-state index contributed by atoms with van der Waals surface area (Å²) in [6, 6.07) is 5.62. The van der Waals surface area contributed by atoms with Crippen molar-refractivity contribution >= 4 is 5.96 Å². The molecule has 2 rings (SSSR count). The van der Waals surface area contributed by atoms with Gasteiger partial charge in [-0.1, -0.05) is 0 Å². The molecule has 0 radical (unpaired) electrons. The molecule has 0 aliphatic heterocycles. The third-order valence-corrected chi connectivity index (χ3v) is 3.77. The summed E-state index contributed by atoms with van der Waals surface area (Å²) in [5.41, 5.74) is -0.0646. The second-order valence-electron chi connectivity index (χ2n) is 6.17. The molecule has 0 amide bonds. The maximum absolute atomic E-state index is 10.6. The summed E-state index contributed by atoms with van der Waals surface area (Å²) in [5, 5.41) is 16.9. The second kappa shape index (κ2) is 7.57. The number of hydrogen-bond acceptors (Lipinski definition) is 4. The second-order valence-corrected chi connectivity index (χ2v) is 6.17. The zero-order valence-electron chi connectivity index (χ0n) is 15.1. The monoisotopic (exact) mass is 333 g/mol. The molecule has 2 heterocycles. The molecule has 0 aliphatic rings. The molecule has 6 nitrogen and oxygen atoms in total. The first-order valence-electron chi connectivity index (χ1n) is 8.19. The van der Waals surface area contributed by atoms with E-state index in [1.54, 1.807) is 13.0 Å². The van der Waals surface area contributed by atoms with E-state index < -0.39 is 5.60 Å². The van der Waals surface area contributed by atoms with Gasteiger partial charge in [-0.3, -0.25) is 0 Å². The van der Waals surface area contributed by atoms with E-state index in [4.69, 9.17) is 8.83 Å². The highest BCUT2D eigenvalue weighted by Crippen LogP contribution is 2.22. The highest BCUT2D eigenvalue weighted by Gasteiger charge is 2.27. The lowest BCUT2D eigenvalue weighted by molar-refractivity contribution is 0.0378. The summed E-state index contributed by atoms with van der Waals surface area (Å²) in [4.78, 5) is 4.55. The third-order valence-electron chi connectivity index (χ3n) is 3.77. The van der Waals surface area contributed by atoms with Gasteiger partial charge in [-0.05, 0) is 52.8 Å². The van der Waals surface area contributed by atoms with Crippen LogP contribution < -0.4 is 10.6 Å². The largest absolute Gasteiger partial charge is 0.466 e. The van der Waals surface area contributed by atoms with E-state index in [9.17, 15) is 5.11 Å². The molecular weight excluding hydrogens is 306 g/mol. The van der Waals surface area contributed by atoms with Crippen LogP contribution in [-0.2, 0) is 12.1 Å². The Labute approximate surface area is 143 Å². The smallest absolute Gasteiger partial charge is 0.191 e. The van der Waals surface area contributed by atoms with Crippen molar-refractivity contribution in [1.29, 1.82) is 0 Å². The number of guanidine groups is 1. The molecular formula is C18H27N3O3. The predicted octanol–water partition coefficient (Wildman–Crippen LogP) is 2.76. The van der Waals surface area contributed by atoms with Gasteiger partial charge in [-0.2, -0.15) is 0 Å². The first-order chi connectivity index (χ1) is 11.3. The summed E-state index contributed by atoms with van der Waals surface area (Å²) in [7, 11) is 0. The summed E-state index contributed by atoms with van der Waals surface area (Å²) in [6.07, 6.45) is 0. The molecule has 0 bridgehead atoms. The Morgan fingerprint density at radius 1 is 1.17 bits per heavy atom. The molecule has 0 saturated carbocycles. The van der Waals surface area contributed by atoms with Gasteiger partial charge in [0.1, 0.15) is 28.6 Å². The highest BCUT2D eigenvalue weighted by atomic mass is 16.4. The molecule has 3 N–H and O–H groups in total. The van der Waals surface area contributed by atoms with Crippen molar-refractivity contribution in [3.8, 4) is 0 Å². The molecule has 0 spiro atoms. The number of hydrogen-bond donors (Lipinski definition) is 3. The Balaban J connectivity index is 2.02. The van der Waals surface area contributed by atoms with Crippen molar-refractivity contribution in [3.05, 3.63) is 46.8 Å². The molecule has 24 heavy (non-hydrogen) atoms. The zero-order valence-corrected chi connectivity index (χ0v) is 15.1. The number of rotatable bonds is 6. The Bertz CT molecular complexity index is 698. The Morgan fingerprint density at radius 2 is 1.92 bits per heavy atom. The maximum Gasteiger partial charge on any atom is 0.191 e. The van der Waals surface area contributed by atoms with Crippen LogP contribution in [0.25, 0.3) is 0 Å². The van der Waals surface area contributed by atoms with Crippen LogP contribution in [0.15, 0.2) is 32.0 Å². The van der Waals surface area contributed by atoms with Gasteiger partial charge in [-0.25, -0.2) is 4.99 Å². The minimum absolute atomic E-state index is 0.287. The van der Waals surface area contributed by atoms with Crippen LogP contribution in [0, 0.1) is 20.8 Å². The number of nitrogens with one attached hydrogen (secondary N) is 2. The number of nitrogens with zero attached hydrogens (tertiary/aromatic N) is 1. The fraction of sp³-hybridized carbons (Fsp3) is 0.500. The summed E-state index contributed by atoms with van der Waals surface area (Å²) >= 11 is 0. The number of aliphatic imine (C=N–C) groups is 1. The number of aliphatic hydroxyl groups is 1. The summed E-state index contributed by atoms with van der Waals surface area (Å²) in [6.45, 7) is 11.0. The van der Waals surface area contributed by atoms with Crippen LogP contribution in [0.5, 0.6) is 0 Å². The van der Waals surface area contributed by atoms with Gasteiger partial charge in [0, 0.05) is 12.1 Å².